The minimum atomic E-state index is 0.721. The lowest BCUT2D eigenvalue weighted by Crippen LogP contribution is -2.54. The van der Waals surface area contributed by atoms with Crippen LogP contribution in [0.25, 0.3) is 0 Å². The van der Waals surface area contributed by atoms with Crippen LogP contribution in [-0.4, -0.2) is 62.3 Å². The van der Waals surface area contributed by atoms with Crippen LogP contribution in [0.4, 0.5) is 5.13 Å². The fraction of sp³-hybridized carbons (Fsp3) is 0.667. The lowest BCUT2D eigenvalue weighted by atomic mass is 10.3. The van der Waals surface area contributed by atoms with Crippen LogP contribution < -0.4 is 16.2 Å². The zero-order valence-corrected chi connectivity index (χ0v) is 12.6. The van der Waals surface area contributed by atoms with Gasteiger partial charge in [-0.3, -0.25) is 10.4 Å². The molecule has 7 nitrogen and oxygen atoms in total. The largest absolute Gasteiger partial charge is 0.385 e. The number of thiazole rings is 1. The molecular formula is C12H22N6OS. The number of anilines is 1. The van der Waals surface area contributed by atoms with Gasteiger partial charge < -0.3 is 14.5 Å². The van der Waals surface area contributed by atoms with Crippen LogP contribution in [0.15, 0.2) is 16.6 Å². The highest BCUT2D eigenvalue weighted by atomic mass is 32.1. The summed E-state index contributed by atoms with van der Waals surface area (Å²) in [6, 6.07) is 0. The molecule has 1 aliphatic heterocycles. The van der Waals surface area contributed by atoms with Crippen LogP contribution in [0, 0.1) is 0 Å². The van der Waals surface area contributed by atoms with E-state index in [1.807, 2.05) is 11.6 Å². The fourth-order valence-corrected chi connectivity index (χ4v) is 2.81. The van der Waals surface area contributed by atoms with E-state index in [4.69, 9.17) is 10.6 Å². The topological polar surface area (TPSA) is 79.0 Å². The minimum absolute atomic E-state index is 0.721. The summed E-state index contributed by atoms with van der Waals surface area (Å²) >= 11 is 1.68. The fourth-order valence-electron chi connectivity index (χ4n) is 2.11. The number of guanidine groups is 1. The van der Waals surface area contributed by atoms with Gasteiger partial charge in [-0.1, -0.05) is 0 Å². The first-order valence-electron chi connectivity index (χ1n) is 6.74. The number of hydrogen-bond donors (Lipinski definition) is 2. The van der Waals surface area contributed by atoms with Gasteiger partial charge in [0.15, 0.2) is 5.13 Å². The summed E-state index contributed by atoms with van der Waals surface area (Å²) in [5.74, 6) is 6.33. The smallest absolute Gasteiger partial charge is 0.208 e. The summed E-state index contributed by atoms with van der Waals surface area (Å²) in [5.41, 5.74) is 2.70. The van der Waals surface area contributed by atoms with E-state index >= 15 is 0 Å². The molecule has 2 heterocycles. The molecule has 2 rings (SSSR count). The van der Waals surface area contributed by atoms with Gasteiger partial charge in [0.25, 0.3) is 0 Å². The molecule has 0 radical (unpaired) electrons. The van der Waals surface area contributed by atoms with Crippen molar-refractivity contribution in [2.45, 2.75) is 6.42 Å². The number of ether oxygens (including phenoxy) is 1. The van der Waals surface area contributed by atoms with Crippen molar-refractivity contribution in [1.29, 1.82) is 0 Å². The molecular weight excluding hydrogens is 276 g/mol. The molecule has 1 aromatic rings. The Balaban J connectivity index is 1.81. The quantitative estimate of drug-likeness (QED) is 0.264. The summed E-state index contributed by atoms with van der Waals surface area (Å²) in [7, 11) is 1.70. The Morgan fingerprint density at radius 2 is 2.30 bits per heavy atom. The van der Waals surface area contributed by atoms with Gasteiger partial charge in [0, 0.05) is 58.0 Å². The molecule has 112 valence electrons. The van der Waals surface area contributed by atoms with Crippen molar-refractivity contribution in [2.24, 2.45) is 10.8 Å². The van der Waals surface area contributed by atoms with Gasteiger partial charge in [-0.05, 0) is 6.42 Å². The summed E-state index contributed by atoms with van der Waals surface area (Å²) < 4.78 is 5.01. The molecule has 3 N–H and O–H groups in total. The number of aromatic nitrogens is 1. The minimum Gasteiger partial charge on any atom is -0.385 e. The molecule has 1 aliphatic rings. The number of rotatable bonds is 5. The molecule has 1 saturated heterocycles. The summed E-state index contributed by atoms with van der Waals surface area (Å²) in [6.45, 7) is 5.11. The Morgan fingerprint density at radius 1 is 1.50 bits per heavy atom. The summed E-state index contributed by atoms with van der Waals surface area (Å²) in [5, 5.41) is 3.09. The van der Waals surface area contributed by atoms with Crippen molar-refractivity contribution >= 4 is 22.4 Å². The zero-order chi connectivity index (χ0) is 14.2. The number of piperazine rings is 1. The third-order valence-corrected chi connectivity index (χ3v) is 4.00. The van der Waals surface area contributed by atoms with Crippen LogP contribution in [0.5, 0.6) is 0 Å². The molecule has 0 spiro atoms. The predicted octanol–water partition coefficient (Wildman–Crippen LogP) is 0.121. The molecule has 1 aromatic heterocycles. The third kappa shape index (κ3) is 4.06. The standard InChI is InChI=1S/C12H22N6OS/c1-19-9-2-3-14-11(16-13)17-5-7-18(8-6-17)12-15-4-10-20-12/h4,10H,2-3,5-9,13H2,1H3,(H,14,16). The molecule has 0 aliphatic carbocycles. The molecule has 1 fully saturated rings. The molecule has 20 heavy (non-hydrogen) atoms. The van der Waals surface area contributed by atoms with E-state index < -0.39 is 0 Å². The van der Waals surface area contributed by atoms with E-state index in [-0.39, 0.29) is 0 Å². The SMILES string of the molecule is COCCCN=C(NN)N1CCN(c2nccs2)CC1. The average Bonchev–Trinajstić information content (AvgIpc) is 3.02. The van der Waals surface area contributed by atoms with Gasteiger partial charge in [0.05, 0.1) is 0 Å². The Labute approximate surface area is 123 Å². The molecule has 0 amide bonds. The molecule has 0 aromatic carbocycles. The molecule has 0 bridgehead atoms. The van der Waals surface area contributed by atoms with Crippen molar-refractivity contribution in [2.75, 3.05) is 51.3 Å². The average molecular weight is 298 g/mol. The number of hydrazine groups is 1. The lowest BCUT2D eigenvalue weighted by molar-refractivity contribution is 0.197. The molecule has 0 atom stereocenters. The molecule has 0 saturated carbocycles. The van der Waals surface area contributed by atoms with Crippen molar-refractivity contribution in [3.63, 3.8) is 0 Å². The first-order chi connectivity index (χ1) is 9.85. The van der Waals surface area contributed by atoms with Gasteiger partial charge in [-0.25, -0.2) is 10.8 Å². The lowest BCUT2D eigenvalue weighted by Gasteiger charge is -2.35. The Hall–Kier alpha value is -1.38. The van der Waals surface area contributed by atoms with Gasteiger partial charge in [0.1, 0.15) is 0 Å². The van der Waals surface area contributed by atoms with Crippen molar-refractivity contribution in [1.82, 2.24) is 15.3 Å². The highest BCUT2D eigenvalue weighted by Crippen LogP contribution is 2.18. The van der Waals surface area contributed by atoms with E-state index in [0.29, 0.717) is 0 Å². The van der Waals surface area contributed by atoms with Crippen LogP contribution in [0.1, 0.15) is 6.42 Å². The summed E-state index contributed by atoms with van der Waals surface area (Å²) in [6.07, 6.45) is 2.75. The van der Waals surface area contributed by atoms with Crippen LogP contribution in [-0.2, 0) is 4.74 Å². The Morgan fingerprint density at radius 3 is 2.90 bits per heavy atom. The summed E-state index contributed by atoms with van der Waals surface area (Å²) in [4.78, 5) is 13.3. The van der Waals surface area contributed by atoms with E-state index in [2.05, 4.69) is 25.2 Å². The van der Waals surface area contributed by atoms with Crippen molar-refractivity contribution < 1.29 is 4.74 Å². The van der Waals surface area contributed by atoms with Crippen molar-refractivity contribution in [3.05, 3.63) is 11.6 Å². The van der Waals surface area contributed by atoms with Gasteiger partial charge in [-0.15, -0.1) is 11.3 Å². The molecule has 8 heteroatoms. The highest BCUT2D eigenvalue weighted by Gasteiger charge is 2.20. The van der Waals surface area contributed by atoms with E-state index in [1.165, 1.54) is 0 Å². The molecule has 0 unspecified atom stereocenters. The zero-order valence-electron chi connectivity index (χ0n) is 11.8. The van der Waals surface area contributed by atoms with Crippen LogP contribution in [0.2, 0.25) is 0 Å². The maximum absolute atomic E-state index is 5.57. The van der Waals surface area contributed by atoms with Crippen LogP contribution in [0.3, 0.4) is 0 Å². The van der Waals surface area contributed by atoms with Crippen molar-refractivity contribution in [3.8, 4) is 0 Å². The second-order valence-electron chi connectivity index (χ2n) is 4.48. The number of hydrogen-bond acceptors (Lipinski definition) is 6. The first kappa shape index (κ1) is 15.0. The number of nitrogens with one attached hydrogen (secondary N) is 1. The third-order valence-electron chi connectivity index (χ3n) is 3.17. The second-order valence-corrected chi connectivity index (χ2v) is 5.36. The number of methoxy groups -OCH3 is 1. The Bertz CT molecular complexity index is 402. The number of nitrogens with two attached hydrogens (primary N) is 1. The van der Waals surface area contributed by atoms with Gasteiger partial charge in [-0.2, -0.15) is 0 Å². The predicted molar refractivity (Wildman–Crippen MR) is 82.0 cm³/mol. The highest BCUT2D eigenvalue weighted by molar-refractivity contribution is 7.13. The monoisotopic (exact) mass is 298 g/mol. The Kier molecular flexibility index (Phi) is 6.03. The normalized spacial score (nSPS) is 16.6. The maximum atomic E-state index is 5.57. The van der Waals surface area contributed by atoms with Crippen LogP contribution >= 0.6 is 11.3 Å². The number of aliphatic imine (C=N–C) groups is 1. The van der Waals surface area contributed by atoms with E-state index in [0.717, 1.165) is 56.8 Å². The maximum Gasteiger partial charge on any atom is 0.208 e. The first-order valence-corrected chi connectivity index (χ1v) is 7.62. The van der Waals surface area contributed by atoms with E-state index in [1.54, 1.807) is 18.4 Å². The second kappa shape index (κ2) is 8.03. The number of nitrogens with zero attached hydrogens (tertiary/aromatic N) is 4. The van der Waals surface area contributed by atoms with E-state index in [9.17, 15) is 0 Å². The van der Waals surface area contributed by atoms with Gasteiger partial charge >= 0.3 is 0 Å². The van der Waals surface area contributed by atoms with Gasteiger partial charge in [0.2, 0.25) is 5.96 Å².